The Bertz CT molecular complexity index is 616. The van der Waals surface area contributed by atoms with Crippen molar-refractivity contribution in [1.82, 2.24) is 0 Å². The molecule has 1 amide bonds. The second-order valence-electron chi connectivity index (χ2n) is 4.21. The van der Waals surface area contributed by atoms with E-state index in [0.29, 0.717) is 28.8 Å². The molecular weight excluding hydrogens is 290 g/mol. The van der Waals surface area contributed by atoms with E-state index < -0.39 is 0 Å². The summed E-state index contributed by atoms with van der Waals surface area (Å²) >= 11 is 6.07. The number of para-hydroxylation sites is 3. The Hall–Kier alpha value is -2.04. The van der Waals surface area contributed by atoms with Gasteiger partial charge < -0.3 is 14.8 Å². The molecule has 21 heavy (non-hydrogen) atoms. The molecule has 2 rings (SSSR count). The summed E-state index contributed by atoms with van der Waals surface area (Å²) in [6.07, 6.45) is 0. The molecule has 0 bridgehead atoms. The topological polar surface area (TPSA) is 47.6 Å². The lowest BCUT2D eigenvalue weighted by Gasteiger charge is -2.13. The van der Waals surface area contributed by atoms with Gasteiger partial charge in [-0.2, -0.15) is 0 Å². The minimum atomic E-state index is -0.230. The van der Waals surface area contributed by atoms with Crippen LogP contribution in [0.15, 0.2) is 48.5 Å². The van der Waals surface area contributed by atoms with Gasteiger partial charge in [-0.25, -0.2) is 0 Å². The number of halogens is 1. The van der Waals surface area contributed by atoms with Crippen molar-refractivity contribution in [2.24, 2.45) is 0 Å². The van der Waals surface area contributed by atoms with Crippen LogP contribution in [0.25, 0.3) is 0 Å². The monoisotopic (exact) mass is 305 g/mol. The van der Waals surface area contributed by atoms with E-state index in [0.717, 1.165) is 0 Å². The highest BCUT2D eigenvalue weighted by molar-refractivity contribution is 6.32. The molecule has 0 heterocycles. The maximum absolute atomic E-state index is 11.7. The summed E-state index contributed by atoms with van der Waals surface area (Å²) in [5, 5.41) is 3.26. The third-order valence-electron chi connectivity index (χ3n) is 2.65. The second kappa shape index (κ2) is 7.67. The zero-order valence-corrected chi connectivity index (χ0v) is 12.4. The summed E-state index contributed by atoms with van der Waals surface area (Å²) in [6.45, 7) is 2.34. The summed E-state index contributed by atoms with van der Waals surface area (Å²) < 4.78 is 10.8. The van der Waals surface area contributed by atoms with Crippen LogP contribution >= 0.6 is 11.6 Å². The molecule has 0 aliphatic rings. The molecule has 0 aromatic heterocycles. The SMILES string of the molecule is CCOCC(=O)Nc1ccccc1Oc1ccccc1Cl. The third-order valence-corrected chi connectivity index (χ3v) is 2.97. The highest BCUT2D eigenvalue weighted by Crippen LogP contribution is 2.33. The van der Waals surface area contributed by atoms with Gasteiger partial charge in [-0.05, 0) is 31.2 Å². The smallest absolute Gasteiger partial charge is 0.250 e. The number of benzene rings is 2. The number of anilines is 1. The number of carbonyl (C=O) groups excluding carboxylic acids is 1. The summed E-state index contributed by atoms with van der Waals surface area (Å²) in [5.41, 5.74) is 0.571. The first-order valence-electron chi connectivity index (χ1n) is 6.59. The molecule has 0 saturated heterocycles. The molecule has 0 spiro atoms. The molecular formula is C16H16ClNO3. The van der Waals surface area contributed by atoms with Crippen LogP contribution in [0.3, 0.4) is 0 Å². The van der Waals surface area contributed by atoms with Crippen molar-refractivity contribution in [3.8, 4) is 11.5 Å². The van der Waals surface area contributed by atoms with Crippen molar-refractivity contribution in [3.63, 3.8) is 0 Å². The molecule has 0 radical (unpaired) electrons. The predicted molar refractivity (Wildman–Crippen MR) is 83.1 cm³/mol. The lowest BCUT2D eigenvalue weighted by Crippen LogP contribution is -2.18. The number of rotatable bonds is 6. The molecule has 0 fully saturated rings. The van der Waals surface area contributed by atoms with Crippen molar-refractivity contribution < 1.29 is 14.3 Å². The Balaban J connectivity index is 2.13. The standard InChI is InChI=1S/C16H16ClNO3/c1-2-20-11-16(19)18-13-8-4-6-10-15(13)21-14-9-5-3-7-12(14)17/h3-10H,2,11H2,1H3,(H,18,19). The molecule has 5 heteroatoms. The fourth-order valence-electron chi connectivity index (χ4n) is 1.69. The maximum atomic E-state index is 11.7. The van der Waals surface area contributed by atoms with E-state index in [1.54, 1.807) is 24.3 Å². The van der Waals surface area contributed by atoms with E-state index in [1.165, 1.54) is 0 Å². The van der Waals surface area contributed by atoms with Crippen molar-refractivity contribution >= 4 is 23.2 Å². The average Bonchev–Trinajstić information content (AvgIpc) is 2.49. The fourth-order valence-corrected chi connectivity index (χ4v) is 1.86. The Morgan fingerprint density at radius 1 is 1.10 bits per heavy atom. The van der Waals surface area contributed by atoms with Gasteiger partial charge in [0.25, 0.3) is 0 Å². The van der Waals surface area contributed by atoms with Crippen LogP contribution in [0.4, 0.5) is 5.69 Å². The largest absolute Gasteiger partial charge is 0.454 e. The van der Waals surface area contributed by atoms with Crippen molar-refractivity contribution in [2.75, 3.05) is 18.5 Å². The second-order valence-corrected chi connectivity index (χ2v) is 4.62. The van der Waals surface area contributed by atoms with Crippen LogP contribution in [0.1, 0.15) is 6.92 Å². The van der Waals surface area contributed by atoms with E-state index in [1.807, 2.05) is 31.2 Å². The lowest BCUT2D eigenvalue weighted by atomic mass is 10.3. The van der Waals surface area contributed by atoms with E-state index in [2.05, 4.69) is 5.32 Å². The van der Waals surface area contributed by atoms with Gasteiger partial charge in [0.1, 0.15) is 12.4 Å². The molecule has 0 aliphatic heterocycles. The quantitative estimate of drug-likeness (QED) is 0.873. The van der Waals surface area contributed by atoms with Gasteiger partial charge >= 0.3 is 0 Å². The lowest BCUT2D eigenvalue weighted by molar-refractivity contribution is -0.120. The van der Waals surface area contributed by atoms with E-state index in [9.17, 15) is 4.79 Å². The van der Waals surface area contributed by atoms with Crippen molar-refractivity contribution in [1.29, 1.82) is 0 Å². The summed E-state index contributed by atoms with van der Waals surface area (Å²) in [4.78, 5) is 11.7. The minimum Gasteiger partial charge on any atom is -0.454 e. The van der Waals surface area contributed by atoms with Crippen LogP contribution in [-0.2, 0) is 9.53 Å². The minimum absolute atomic E-state index is 0.0108. The summed E-state index contributed by atoms with van der Waals surface area (Å²) in [7, 11) is 0. The Labute approximate surface area is 128 Å². The van der Waals surface area contributed by atoms with Crippen LogP contribution in [0.5, 0.6) is 11.5 Å². The molecule has 2 aromatic carbocycles. The Kier molecular flexibility index (Phi) is 5.60. The van der Waals surface area contributed by atoms with E-state index in [4.69, 9.17) is 21.1 Å². The Morgan fingerprint density at radius 3 is 2.48 bits per heavy atom. The van der Waals surface area contributed by atoms with E-state index >= 15 is 0 Å². The van der Waals surface area contributed by atoms with Crippen LogP contribution in [0.2, 0.25) is 5.02 Å². The third kappa shape index (κ3) is 4.48. The molecule has 2 aromatic rings. The molecule has 0 aliphatic carbocycles. The van der Waals surface area contributed by atoms with Crippen molar-refractivity contribution in [2.45, 2.75) is 6.92 Å². The molecule has 0 saturated carbocycles. The van der Waals surface area contributed by atoms with E-state index in [-0.39, 0.29) is 12.5 Å². The van der Waals surface area contributed by atoms with Gasteiger partial charge in [0.05, 0.1) is 10.7 Å². The molecule has 1 N–H and O–H groups in total. The average molecular weight is 306 g/mol. The zero-order valence-electron chi connectivity index (χ0n) is 11.6. The van der Waals surface area contributed by atoms with Gasteiger partial charge in [-0.1, -0.05) is 35.9 Å². The zero-order chi connectivity index (χ0) is 15.1. The number of amides is 1. The normalized spacial score (nSPS) is 10.2. The van der Waals surface area contributed by atoms with Gasteiger partial charge in [0.15, 0.2) is 5.75 Å². The van der Waals surface area contributed by atoms with Crippen molar-refractivity contribution in [3.05, 3.63) is 53.6 Å². The number of hydrogen-bond acceptors (Lipinski definition) is 3. The first kappa shape index (κ1) is 15.4. The van der Waals surface area contributed by atoms with Gasteiger partial charge in [-0.15, -0.1) is 0 Å². The first-order chi connectivity index (χ1) is 10.2. The molecule has 110 valence electrons. The predicted octanol–water partition coefficient (Wildman–Crippen LogP) is 4.11. The van der Waals surface area contributed by atoms with Crippen LogP contribution < -0.4 is 10.1 Å². The highest BCUT2D eigenvalue weighted by Gasteiger charge is 2.09. The first-order valence-corrected chi connectivity index (χ1v) is 6.97. The van der Waals surface area contributed by atoms with Gasteiger partial charge in [-0.3, -0.25) is 4.79 Å². The fraction of sp³-hybridized carbons (Fsp3) is 0.188. The molecule has 4 nitrogen and oxygen atoms in total. The van der Waals surface area contributed by atoms with Gasteiger partial charge in [0, 0.05) is 6.61 Å². The summed E-state index contributed by atoms with van der Waals surface area (Å²) in [5.74, 6) is 0.827. The number of nitrogens with one attached hydrogen (secondary N) is 1. The van der Waals surface area contributed by atoms with Crippen LogP contribution in [-0.4, -0.2) is 19.1 Å². The highest BCUT2D eigenvalue weighted by atomic mass is 35.5. The van der Waals surface area contributed by atoms with Crippen LogP contribution in [0, 0.1) is 0 Å². The summed E-state index contributed by atoms with van der Waals surface area (Å²) in [6, 6.07) is 14.3. The number of ether oxygens (including phenoxy) is 2. The number of hydrogen-bond donors (Lipinski definition) is 1. The van der Waals surface area contributed by atoms with Gasteiger partial charge in [0.2, 0.25) is 5.91 Å². The molecule has 0 atom stereocenters. The Morgan fingerprint density at radius 2 is 1.76 bits per heavy atom. The number of carbonyl (C=O) groups is 1. The maximum Gasteiger partial charge on any atom is 0.250 e. The molecule has 0 unspecified atom stereocenters.